The third-order valence-electron chi connectivity index (χ3n) is 2.50. The lowest BCUT2D eigenvalue weighted by molar-refractivity contribution is -0.123. The van der Waals surface area contributed by atoms with Gasteiger partial charge >= 0.3 is 0 Å². The smallest absolute Gasteiger partial charge is 0.258 e. The van der Waals surface area contributed by atoms with E-state index in [1.54, 1.807) is 31.5 Å². The van der Waals surface area contributed by atoms with E-state index in [4.69, 9.17) is 4.74 Å². The Morgan fingerprint density at radius 3 is 3.00 bits per heavy atom. The zero-order chi connectivity index (χ0) is 13.7. The molecule has 0 aliphatic heterocycles. The second-order valence-electron chi connectivity index (χ2n) is 3.98. The van der Waals surface area contributed by atoms with Crippen LogP contribution < -0.4 is 10.1 Å². The minimum atomic E-state index is -0.491. The number of hydrogen-bond donors (Lipinski definition) is 2. The number of nitrogens with one attached hydrogen (secondary N) is 2. The van der Waals surface area contributed by atoms with Crippen LogP contribution in [0.4, 0.5) is 4.39 Å². The number of nitrogens with zero attached hydrogens (tertiary/aromatic N) is 1. The maximum absolute atomic E-state index is 13.3. The maximum Gasteiger partial charge on any atom is 0.258 e. The van der Waals surface area contributed by atoms with Crippen molar-refractivity contribution in [3.63, 3.8) is 0 Å². The number of halogens is 1. The van der Waals surface area contributed by atoms with Gasteiger partial charge < -0.3 is 15.0 Å². The van der Waals surface area contributed by atoms with Crippen LogP contribution in [-0.4, -0.2) is 22.5 Å². The van der Waals surface area contributed by atoms with Crippen molar-refractivity contribution in [1.29, 1.82) is 0 Å². The van der Waals surface area contributed by atoms with E-state index in [1.807, 2.05) is 0 Å². The number of hydrogen-bond acceptors (Lipinski definition) is 3. The Balaban J connectivity index is 1.84. The number of amides is 1. The molecular weight excluding hydrogens is 249 g/mol. The molecule has 100 valence electrons. The monoisotopic (exact) mass is 263 g/mol. The molecular formula is C13H14FN3O2. The molecule has 2 aromatic rings. The lowest BCUT2D eigenvalue weighted by Gasteiger charge is -2.12. The van der Waals surface area contributed by atoms with Gasteiger partial charge in [0, 0.05) is 12.4 Å². The summed E-state index contributed by atoms with van der Waals surface area (Å²) in [5, 5.41) is 2.69. The van der Waals surface area contributed by atoms with Gasteiger partial charge in [-0.1, -0.05) is 12.1 Å². The first kappa shape index (κ1) is 13.1. The summed E-state index contributed by atoms with van der Waals surface area (Å²) in [6, 6.07) is 5.69. The van der Waals surface area contributed by atoms with Crippen LogP contribution in [0.3, 0.4) is 0 Å². The van der Waals surface area contributed by atoms with Crippen LogP contribution in [0, 0.1) is 5.82 Å². The summed E-state index contributed by atoms with van der Waals surface area (Å²) < 4.78 is 18.4. The summed E-state index contributed by atoms with van der Waals surface area (Å²) in [7, 11) is 0. The molecule has 1 aromatic heterocycles. The highest BCUT2D eigenvalue weighted by Gasteiger charge is 2.12. The van der Waals surface area contributed by atoms with E-state index in [0.29, 0.717) is 5.82 Å². The minimum absolute atomic E-state index is 0.0586. The molecule has 0 fully saturated rings. The molecule has 1 unspecified atom stereocenters. The fraction of sp³-hybridized carbons (Fsp3) is 0.231. The van der Waals surface area contributed by atoms with E-state index >= 15 is 0 Å². The fourth-order valence-electron chi connectivity index (χ4n) is 1.57. The molecule has 19 heavy (non-hydrogen) atoms. The third-order valence-corrected chi connectivity index (χ3v) is 2.50. The fourth-order valence-corrected chi connectivity index (χ4v) is 1.57. The molecule has 1 amide bonds. The second kappa shape index (κ2) is 5.99. The molecule has 0 spiro atoms. The van der Waals surface area contributed by atoms with Crippen molar-refractivity contribution < 1.29 is 13.9 Å². The minimum Gasteiger partial charge on any atom is -0.481 e. The second-order valence-corrected chi connectivity index (χ2v) is 3.98. The summed E-state index contributed by atoms with van der Waals surface area (Å²) in [6.07, 6.45) is 3.28. The van der Waals surface area contributed by atoms with Gasteiger partial charge in [-0.25, -0.2) is 9.37 Å². The molecule has 1 atom stereocenters. The Morgan fingerprint density at radius 1 is 1.53 bits per heavy atom. The van der Waals surface area contributed by atoms with Crippen LogP contribution in [-0.2, 0) is 4.79 Å². The van der Waals surface area contributed by atoms with E-state index in [-0.39, 0.29) is 24.3 Å². The van der Waals surface area contributed by atoms with Gasteiger partial charge in [0.25, 0.3) is 5.91 Å². The standard InChI is InChI=1S/C13H14FN3O2/c1-9(13-15-6-7-16-13)17-12(18)8-19-11-5-3-2-4-10(11)14/h2-7,9H,8H2,1H3,(H,15,16)(H,17,18). The highest BCUT2D eigenvalue weighted by atomic mass is 19.1. The average Bonchev–Trinajstić information content (AvgIpc) is 2.91. The van der Waals surface area contributed by atoms with Crippen molar-refractivity contribution in [1.82, 2.24) is 15.3 Å². The lowest BCUT2D eigenvalue weighted by atomic mass is 10.3. The zero-order valence-electron chi connectivity index (χ0n) is 10.4. The van der Waals surface area contributed by atoms with Gasteiger partial charge in [-0.2, -0.15) is 0 Å². The number of para-hydroxylation sites is 1. The van der Waals surface area contributed by atoms with Gasteiger partial charge in [0.1, 0.15) is 5.82 Å². The topological polar surface area (TPSA) is 67.0 Å². The molecule has 0 saturated heterocycles. The molecule has 2 N–H and O–H groups in total. The molecule has 1 heterocycles. The van der Waals surface area contributed by atoms with Crippen molar-refractivity contribution in [2.24, 2.45) is 0 Å². The molecule has 0 aliphatic rings. The first-order valence-electron chi connectivity index (χ1n) is 5.83. The molecule has 1 aromatic carbocycles. The molecule has 6 heteroatoms. The van der Waals surface area contributed by atoms with Gasteiger partial charge in [-0.3, -0.25) is 4.79 Å². The first-order valence-corrected chi connectivity index (χ1v) is 5.83. The quantitative estimate of drug-likeness (QED) is 0.864. The predicted octanol–water partition coefficient (Wildman–Crippen LogP) is 1.80. The number of H-pyrrole nitrogens is 1. The van der Waals surface area contributed by atoms with Gasteiger partial charge in [0.15, 0.2) is 18.2 Å². The Hall–Kier alpha value is -2.37. The Bertz CT molecular complexity index is 543. The summed E-state index contributed by atoms with van der Waals surface area (Å²) in [5.74, 6) is -0.121. The molecule has 0 aliphatic carbocycles. The van der Waals surface area contributed by atoms with Crippen LogP contribution in [0.2, 0.25) is 0 Å². The van der Waals surface area contributed by atoms with Crippen molar-refractivity contribution in [2.45, 2.75) is 13.0 Å². The molecule has 5 nitrogen and oxygen atoms in total. The largest absolute Gasteiger partial charge is 0.481 e. The average molecular weight is 263 g/mol. The van der Waals surface area contributed by atoms with Gasteiger partial charge in [-0.15, -0.1) is 0 Å². The van der Waals surface area contributed by atoms with Crippen LogP contribution in [0.25, 0.3) is 0 Å². The first-order chi connectivity index (χ1) is 9.16. The van der Waals surface area contributed by atoms with Crippen molar-refractivity contribution in [3.05, 3.63) is 48.3 Å². The van der Waals surface area contributed by atoms with Crippen molar-refractivity contribution in [3.8, 4) is 5.75 Å². The van der Waals surface area contributed by atoms with E-state index in [9.17, 15) is 9.18 Å². The lowest BCUT2D eigenvalue weighted by Crippen LogP contribution is -2.31. The van der Waals surface area contributed by atoms with E-state index in [0.717, 1.165) is 0 Å². The number of rotatable bonds is 5. The number of carbonyl (C=O) groups is 1. The van der Waals surface area contributed by atoms with Gasteiger partial charge in [0.2, 0.25) is 0 Å². The van der Waals surface area contributed by atoms with Crippen LogP contribution >= 0.6 is 0 Å². The number of ether oxygens (including phenoxy) is 1. The predicted molar refractivity (Wildman–Crippen MR) is 67.0 cm³/mol. The number of imidazole rings is 1. The maximum atomic E-state index is 13.3. The number of aromatic nitrogens is 2. The third kappa shape index (κ3) is 3.54. The number of aromatic amines is 1. The Morgan fingerprint density at radius 2 is 2.32 bits per heavy atom. The summed E-state index contributed by atoms with van der Waals surface area (Å²) in [5.41, 5.74) is 0. The van der Waals surface area contributed by atoms with Crippen molar-refractivity contribution in [2.75, 3.05) is 6.61 Å². The van der Waals surface area contributed by atoms with Gasteiger partial charge in [0.05, 0.1) is 6.04 Å². The summed E-state index contributed by atoms with van der Waals surface area (Å²) in [6.45, 7) is 1.55. The molecule has 0 radical (unpaired) electrons. The zero-order valence-corrected chi connectivity index (χ0v) is 10.4. The van der Waals surface area contributed by atoms with Gasteiger partial charge in [-0.05, 0) is 19.1 Å². The SMILES string of the molecule is CC(NC(=O)COc1ccccc1F)c1ncc[nH]1. The molecule has 0 bridgehead atoms. The van der Waals surface area contributed by atoms with Crippen LogP contribution in [0.15, 0.2) is 36.7 Å². The highest BCUT2D eigenvalue weighted by Crippen LogP contribution is 2.15. The summed E-state index contributed by atoms with van der Waals surface area (Å²) in [4.78, 5) is 18.6. The Kier molecular flexibility index (Phi) is 4.12. The summed E-state index contributed by atoms with van der Waals surface area (Å²) >= 11 is 0. The highest BCUT2D eigenvalue weighted by molar-refractivity contribution is 5.77. The van der Waals surface area contributed by atoms with E-state index in [2.05, 4.69) is 15.3 Å². The van der Waals surface area contributed by atoms with Crippen LogP contribution in [0.5, 0.6) is 5.75 Å². The normalized spacial score (nSPS) is 11.9. The molecule has 2 rings (SSSR count). The Labute approximate surface area is 109 Å². The molecule has 0 saturated carbocycles. The number of benzene rings is 1. The van der Waals surface area contributed by atoms with Crippen LogP contribution in [0.1, 0.15) is 18.8 Å². The van der Waals surface area contributed by atoms with E-state index in [1.165, 1.54) is 12.1 Å². The number of carbonyl (C=O) groups excluding carboxylic acids is 1. The van der Waals surface area contributed by atoms with Crippen molar-refractivity contribution >= 4 is 5.91 Å². The van der Waals surface area contributed by atoms with E-state index < -0.39 is 5.82 Å².